The zero-order chi connectivity index (χ0) is 14.3. The average Bonchev–Trinajstić information content (AvgIpc) is 2.81. The number of nitrogens with zero attached hydrogens (tertiary/aromatic N) is 2. The number of hydrogen-bond acceptors (Lipinski definition) is 1. The van der Waals surface area contributed by atoms with Gasteiger partial charge in [-0.25, -0.2) is 9.37 Å². The monoisotopic (exact) mass is 308 g/mol. The summed E-state index contributed by atoms with van der Waals surface area (Å²) < 4.78 is 15.0. The zero-order valence-electron chi connectivity index (χ0n) is 10.6. The minimum absolute atomic E-state index is 0.287. The molecule has 0 saturated carbocycles. The van der Waals surface area contributed by atoms with Crippen molar-refractivity contribution in [2.75, 3.05) is 0 Å². The minimum atomic E-state index is -0.288. The molecule has 0 saturated heterocycles. The van der Waals surface area contributed by atoms with Crippen molar-refractivity contribution in [2.45, 2.75) is 12.3 Å². The van der Waals surface area contributed by atoms with Crippen LogP contribution in [-0.4, -0.2) is 9.55 Å². The molecule has 3 rings (SSSR count). The Morgan fingerprint density at radius 3 is 2.50 bits per heavy atom. The molecule has 1 heterocycles. The summed E-state index contributed by atoms with van der Waals surface area (Å²) in [7, 11) is 0. The van der Waals surface area contributed by atoms with E-state index in [1.165, 1.54) is 12.1 Å². The van der Waals surface area contributed by atoms with Crippen molar-refractivity contribution in [3.05, 3.63) is 59.1 Å². The van der Waals surface area contributed by atoms with Gasteiger partial charge in [0.05, 0.1) is 21.4 Å². The number of halogens is 3. The molecule has 1 aromatic heterocycles. The van der Waals surface area contributed by atoms with Crippen LogP contribution in [0.5, 0.6) is 0 Å². The quantitative estimate of drug-likeness (QED) is 0.601. The molecule has 0 aliphatic rings. The van der Waals surface area contributed by atoms with Crippen LogP contribution in [0.15, 0.2) is 42.5 Å². The fourth-order valence-electron chi connectivity index (χ4n) is 2.22. The molecule has 102 valence electrons. The number of alkyl halides is 1. The topological polar surface area (TPSA) is 17.8 Å². The Kier molecular flexibility index (Phi) is 3.40. The maximum Gasteiger partial charge on any atom is 0.132 e. The molecule has 20 heavy (non-hydrogen) atoms. The molecule has 1 atom stereocenters. The molecule has 2 aromatic carbocycles. The van der Waals surface area contributed by atoms with Crippen molar-refractivity contribution < 1.29 is 4.39 Å². The molecule has 0 spiro atoms. The molecule has 2 nitrogen and oxygen atoms in total. The lowest BCUT2D eigenvalue weighted by Gasteiger charge is -2.11. The number of benzene rings is 2. The number of para-hydroxylation sites is 1. The first-order valence-electron chi connectivity index (χ1n) is 6.15. The summed E-state index contributed by atoms with van der Waals surface area (Å²) in [6.07, 6.45) is 0. The van der Waals surface area contributed by atoms with Crippen molar-refractivity contribution >= 4 is 34.2 Å². The standard InChI is InChI=1S/C15H11Cl2FN2/c1-9(16)15-19-13-4-2-3-12(17)14(13)20(15)11-7-5-10(18)6-8-11/h2-9H,1H3. The molecule has 0 radical (unpaired) electrons. The third-order valence-electron chi connectivity index (χ3n) is 3.09. The molecule has 5 heteroatoms. The summed E-state index contributed by atoms with van der Waals surface area (Å²) in [5, 5.41) is 0.298. The molecule has 3 aromatic rings. The number of rotatable bonds is 2. The summed E-state index contributed by atoms with van der Waals surface area (Å²) >= 11 is 12.5. The highest BCUT2D eigenvalue weighted by Crippen LogP contribution is 2.32. The molecular weight excluding hydrogens is 298 g/mol. The van der Waals surface area contributed by atoms with Gasteiger partial charge in [0.2, 0.25) is 0 Å². The Bertz CT molecular complexity index is 763. The number of imidazole rings is 1. The molecule has 0 amide bonds. The first kappa shape index (κ1) is 13.4. The summed E-state index contributed by atoms with van der Waals surface area (Å²) in [5.74, 6) is 0.395. The van der Waals surface area contributed by atoms with Crippen LogP contribution in [0.25, 0.3) is 16.7 Å². The van der Waals surface area contributed by atoms with Crippen molar-refractivity contribution in [1.29, 1.82) is 0 Å². The van der Waals surface area contributed by atoms with Gasteiger partial charge in [-0.15, -0.1) is 11.6 Å². The normalized spacial score (nSPS) is 12.8. The smallest absolute Gasteiger partial charge is 0.132 e. The fraction of sp³-hybridized carbons (Fsp3) is 0.133. The lowest BCUT2D eigenvalue weighted by Crippen LogP contribution is -2.02. The fourth-order valence-corrected chi connectivity index (χ4v) is 2.62. The highest BCUT2D eigenvalue weighted by Gasteiger charge is 2.18. The second-order valence-electron chi connectivity index (χ2n) is 4.51. The van der Waals surface area contributed by atoms with Crippen LogP contribution < -0.4 is 0 Å². The van der Waals surface area contributed by atoms with Crippen LogP contribution in [0.4, 0.5) is 4.39 Å². The Morgan fingerprint density at radius 1 is 1.15 bits per heavy atom. The summed E-state index contributed by atoms with van der Waals surface area (Å²) in [6.45, 7) is 1.84. The molecule has 1 unspecified atom stereocenters. The Labute approximate surface area is 125 Å². The second kappa shape index (κ2) is 5.08. The van der Waals surface area contributed by atoms with Gasteiger partial charge in [-0.1, -0.05) is 17.7 Å². The zero-order valence-corrected chi connectivity index (χ0v) is 12.2. The predicted molar refractivity (Wildman–Crippen MR) is 80.3 cm³/mol. The molecule has 0 bridgehead atoms. The largest absolute Gasteiger partial charge is 0.294 e. The second-order valence-corrected chi connectivity index (χ2v) is 5.57. The van der Waals surface area contributed by atoms with E-state index in [2.05, 4.69) is 4.98 Å². The van der Waals surface area contributed by atoms with E-state index in [-0.39, 0.29) is 11.2 Å². The lowest BCUT2D eigenvalue weighted by atomic mass is 10.2. The van der Waals surface area contributed by atoms with Gasteiger partial charge in [0, 0.05) is 5.69 Å². The van der Waals surface area contributed by atoms with E-state index in [9.17, 15) is 4.39 Å². The van der Waals surface area contributed by atoms with Gasteiger partial charge in [-0.05, 0) is 43.3 Å². The first-order chi connectivity index (χ1) is 9.58. The molecule has 0 N–H and O–H groups in total. The highest BCUT2D eigenvalue weighted by molar-refractivity contribution is 6.35. The van der Waals surface area contributed by atoms with Crippen molar-refractivity contribution in [3.8, 4) is 5.69 Å². The van der Waals surface area contributed by atoms with Gasteiger partial charge in [0.25, 0.3) is 0 Å². The molecule has 0 aliphatic heterocycles. The van der Waals surface area contributed by atoms with Crippen LogP contribution in [0.2, 0.25) is 5.02 Å². The highest BCUT2D eigenvalue weighted by atomic mass is 35.5. The number of aromatic nitrogens is 2. The lowest BCUT2D eigenvalue weighted by molar-refractivity contribution is 0.627. The number of fused-ring (bicyclic) bond motifs is 1. The Balaban J connectivity index is 2.36. The van der Waals surface area contributed by atoms with E-state index in [0.717, 1.165) is 16.7 Å². The van der Waals surface area contributed by atoms with E-state index in [1.807, 2.05) is 23.6 Å². The number of hydrogen-bond donors (Lipinski definition) is 0. The SMILES string of the molecule is CC(Cl)c1nc2cccc(Cl)c2n1-c1ccc(F)cc1. The van der Waals surface area contributed by atoms with Crippen molar-refractivity contribution in [1.82, 2.24) is 9.55 Å². The third kappa shape index (κ3) is 2.17. The van der Waals surface area contributed by atoms with Gasteiger partial charge >= 0.3 is 0 Å². The van der Waals surface area contributed by atoms with Gasteiger partial charge < -0.3 is 0 Å². The van der Waals surface area contributed by atoms with Crippen LogP contribution in [0.1, 0.15) is 18.1 Å². The van der Waals surface area contributed by atoms with E-state index in [0.29, 0.717) is 10.8 Å². The van der Waals surface area contributed by atoms with E-state index in [4.69, 9.17) is 23.2 Å². The average molecular weight is 309 g/mol. The van der Waals surface area contributed by atoms with Crippen LogP contribution in [0, 0.1) is 5.82 Å². The predicted octanol–water partition coefficient (Wildman–Crippen LogP) is 5.12. The van der Waals surface area contributed by atoms with Crippen LogP contribution in [0.3, 0.4) is 0 Å². The molecule has 0 aliphatic carbocycles. The molecule has 0 fully saturated rings. The van der Waals surface area contributed by atoms with Gasteiger partial charge in [-0.3, -0.25) is 4.57 Å². The maximum absolute atomic E-state index is 13.1. The molecular formula is C15H11Cl2FN2. The van der Waals surface area contributed by atoms with Gasteiger partial charge in [-0.2, -0.15) is 0 Å². The first-order valence-corrected chi connectivity index (χ1v) is 6.96. The summed E-state index contributed by atoms with van der Waals surface area (Å²) in [6, 6.07) is 11.7. The Hall–Kier alpha value is -1.58. The third-order valence-corrected chi connectivity index (χ3v) is 3.59. The van der Waals surface area contributed by atoms with Crippen molar-refractivity contribution in [3.63, 3.8) is 0 Å². The Morgan fingerprint density at radius 2 is 1.85 bits per heavy atom. The van der Waals surface area contributed by atoms with Crippen molar-refractivity contribution in [2.24, 2.45) is 0 Å². The van der Waals surface area contributed by atoms with Crippen LogP contribution in [-0.2, 0) is 0 Å². The summed E-state index contributed by atoms with van der Waals surface area (Å²) in [4.78, 5) is 4.52. The van der Waals surface area contributed by atoms with E-state index < -0.39 is 0 Å². The maximum atomic E-state index is 13.1. The summed E-state index contributed by atoms with van der Waals surface area (Å²) in [5.41, 5.74) is 2.33. The van der Waals surface area contributed by atoms with Crippen LogP contribution >= 0.6 is 23.2 Å². The minimum Gasteiger partial charge on any atom is -0.294 e. The van der Waals surface area contributed by atoms with E-state index >= 15 is 0 Å². The van der Waals surface area contributed by atoms with Gasteiger partial charge in [0.15, 0.2) is 0 Å². The van der Waals surface area contributed by atoms with E-state index in [1.54, 1.807) is 18.2 Å². The van der Waals surface area contributed by atoms with Gasteiger partial charge in [0.1, 0.15) is 11.6 Å².